The zero-order valence-corrected chi connectivity index (χ0v) is 11.8. The quantitative estimate of drug-likeness (QED) is 0.488. The molecule has 21 heavy (non-hydrogen) atoms. The van der Waals surface area contributed by atoms with Gasteiger partial charge in [0.2, 0.25) is 0 Å². The van der Waals surface area contributed by atoms with Gasteiger partial charge in [0.25, 0.3) is 11.6 Å². The van der Waals surface area contributed by atoms with Crippen molar-refractivity contribution < 1.29 is 24.1 Å². The van der Waals surface area contributed by atoms with E-state index in [0.29, 0.717) is 6.61 Å². The monoisotopic (exact) mass is 296 g/mol. The molecule has 1 aromatic rings. The number of hydrogen-bond acceptors (Lipinski definition) is 6. The predicted octanol–water partition coefficient (Wildman–Crippen LogP) is 1.98. The second kappa shape index (κ2) is 7.83. The van der Waals surface area contributed by atoms with Gasteiger partial charge in [0, 0.05) is 13.0 Å². The zero-order valence-electron chi connectivity index (χ0n) is 11.8. The highest BCUT2D eigenvalue weighted by Gasteiger charge is 2.18. The van der Waals surface area contributed by atoms with Crippen LogP contribution in [0.5, 0.6) is 5.75 Å². The number of nitro benzene ring substituents is 1. The number of non-ortho nitro benzene ring substituents is 1. The first-order chi connectivity index (χ1) is 9.95. The summed E-state index contributed by atoms with van der Waals surface area (Å²) in [5.74, 6) is -1.33. The van der Waals surface area contributed by atoms with Gasteiger partial charge in [0.1, 0.15) is 5.75 Å². The third-order valence-corrected chi connectivity index (χ3v) is 2.46. The van der Waals surface area contributed by atoms with E-state index >= 15 is 0 Å². The lowest BCUT2D eigenvalue weighted by atomic mass is 10.1. The number of rotatable bonds is 6. The van der Waals surface area contributed by atoms with Crippen molar-refractivity contribution in [3.8, 4) is 5.75 Å². The van der Waals surface area contributed by atoms with Crippen LogP contribution in [0.3, 0.4) is 0 Å². The molecular formula is C13H16N2O6. The lowest BCUT2D eigenvalue weighted by molar-refractivity contribution is -0.384. The summed E-state index contributed by atoms with van der Waals surface area (Å²) >= 11 is 0. The molecule has 8 nitrogen and oxygen atoms in total. The maximum Gasteiger partial charge on any atom is 0.329 e. The van der Waals surface area contributed by atoms with Crippen LogP contribution in [-0.2, 0) is 9.63 Å². The standard InChI is InChI=1S/C13H16N2O6/c1-3-4-7-20-12-8-10(15(18)19)5-6-11(12)13(17)14-21-9(2)16/h5-6,8H,3-4,7H2,1-2H3,(H,14,17). The Labute approximate surface area is 121 Å². The number of ether oxygens (including phenoxy) is 1. The molecule has 0 unspecified atom stereocenters. The third-order valence-electron chi connectivity index (χ3n) is 2.46. The van der Waals surface area contributed by atoms with Gasteiger partial charge in [-0.05, 0) is 12.5 Å². The van der Waals surface area contributed by atoms with Crippen LogP contribution in [0.1, 0.15) is 37.0 Å². The average Bonchev–Trinajstić information content (AvgIpc) is 2.44. The summed E-state index contributed by atoms with van der Waals surface area (Å²) in [6.07, 6.45) is 1.62. The van der Waals surface area contributed by atoms with Crippen molar-refractivity contribution in [3.63, 3.8) is 0 Å². The molecule has 1 rings (SSSR count). The fourth-order valence-electron chi connectivity index (χ4n) is 1.43. The Morgan fingerprint density at radius 2 is 2.10 bits per heavy atom. The summed E-state index contributed by atoms with van der Waals surface area (Å²) in [5.41, 5.74) is 1.80. The van der Waals surface area contributed by atoms with E-state index in [-0.39, 0.29) is 17.0 Å². The van der Waals surface area contributed by atoms with Crippen molar-refractivity contribution >= 4 is 17.6 Å². The normalized spacial score (nSPS) is 9.81. The number of carbonyl (C=O) groups is 2. The maximum atomic E-state index is 11.8. The van der Waals surface area contributed by atoms with Gasteiger partial charge in [0.15, 0.2) is 0 Å². The number of nitrogens with zero attached hydrogens (tertiary/aromatic N) is 1. The van der Waals surface area contributed by atoms with Gasteiger partial charge < -0.3 is 9.57 Å². The van der Waals surface area contributed by atoms with E-state index < -0.39 is 16.8 Å². The first-order valence-corrected chi connectivity index (χ1v) is 6.34. The summed E-state index contributed by atoms with van der Waals surface area (Å²) in [7, 11) is 0. The van der Waals surface area contributed by atoms with Crippen LogP contribution in [0.2, 0.25) is 0 Å². The number of amides is 1. The molecule has 0 fully saturated rings. The summed E-state index contributed by atoms with van der Waals surface area (Å²) < 4.78 is 5.39. The number of hydrogen-bond donors (Lipinski definition) is 1. The number of nitrogens with one attached hydrogen (secondary N) is 1. The highest BCUT2D eigenvalue weighted by atomic mass is 16.7. The molecule has 0 bridgehead atoms. The van der Waals surface area contributed by atoms with Crippen molar-refractivity contribution in [1.29, 1.82) is 0 Å². The molecule has 0 aliphatic rings. The number of carbonyl (C=O) groups excluding carboxylic acids is 2. The van der Waals surface area contributed by atoms with Gasteiger partial charge in [-0.2, -0.15) is 5.48 Å². The van der Waals surface area contributed by atoms with Gasteiger partial charge in [-0.3, -0.25) is 19.7 Å². The predicted molar refractivity (Wildman–Crippen MR) is 72.7 cm³/mol. The highest BCUT2D eigenvalue weighted by molar-refractivity contribution is 5.97. The van der Waals surface area contributed by atoms with Crippen molar-refractivity contribution in [2.24, 2.45) is 0 Å². The minimum absolute atomic E-state index is 0.0537. The molecule has 0 saturated heterocycles. The molecule has 0 spiro atoms. The minimum Gasteiger partial charge on any atom is -0.492 e. The SMILES string of the molecule is CCCCOc1cc([N+](=O)[O-])ccc1C(=O)NOC(C)=O. The minimum atomic E-state index is -0.716. The molecule has 0 heterocycles. The Morgan fingerprint density at radius 1 is 1.38 bits per heavy atom. The number of nitro groups is 1. The Kier molecular flexibility index (Phi) is 6.12. The summed E-state index contributed by atoms with van der Waals surface area (Å²) in [5, 5.41) is 10.8. The van der Waals surface area contributed by atoms with Gasteiger partial charge in [0.05, 0.1) is 23.2 Å². The van der Waals surface area contributed by atoms with Crippen LogP contribution in [0, 0.1) is 10.1 Å². The summed E-state index contributed by atoms with van der Waals surface area (Å²) in [4.78, 5) is 37.1. The van der Waals surface area contributed by atoms with Crippen molar-refractivity contribution in [1.82, 2.24) is 5.48 Å². The molecule has 114 valence electrons. The third kappa shape index (κ3) is 5.09. The molecule has 0 aliphatic carbocycles. The molecule has 0 atom stereocenters. The number of unbranched alkanes of at least 4 members (excludes halogenated alkanes) is 1. The highest BCUT2D eigenvalue weighted by Crippen LogP contribution is 2.25. The van der Waals surface area contributed by atoms with Crippen LogP contribution < -0.4 is 10.2 Å². The lowest BCUT2D eigenvalue weighted by Crippen LogP contribution is -2.26. The van der Waals surface area contributed by atoms with E-state index in [2.05, 4.69) is 4.84 Å². The van der Waals surface area contributed by atoms with Crippen LogP contribution in [0.15, 0.2) is 18.2 Å². The largest absolute Gasteiger partial charge is 0.492 e. The lowest BCUT2D eigenvalue weighted by Gasteiger charge is -2.10. The Bertz CT molecular complexity index is 543. The molecule has 8 heteroatoms. The molecule has 0 radical (unpaired) electrons. The van der Waals surface area contributed by atoms with Crippen molar-refractivity contribution in [3.05, 3.63) is 33.9 Å². The zero-order chi connectivity index (χ0) is 15.8. The van der Waals surface area contributed by atoms with E-state index in [1.807, 2.05) is 12.4 Å². The van der Waals surface area contributed by atoms with Crippen LogP contribution >= 0.6 is 0 Å². The van der Waals surface area contributed by atoms with Crippen molar-refractivity contribution in [2.45, 2.75) is 26.7 Å². The molecule has 1 amide bonds. The topological polar surface area (TPSA) is 108 Å². The molecule has 1 aromatic carbocycles. The van der Waals surface area contributed by atoms with Gasteiger partial charge in [-0.1, -0.05) is 13.3 Å². The number of hydroxylamine groups is 1. The molecule has 0 aliphatic heterocycles. The molecular weight excluding hydrogens is 280 g/mol. The van der Waals surface area contributed by atoms with Crippen LogP contribution in [0.25, 0.3) is 0 Å². The Morgan fingerprint density at radius 3 is 2.67 bits per heavy atom. The molecule has 0 saturated carbocycles. The Hall–Kier alpha value is -2.64. The maximum absolute atomic E-state index is 11.8. The summed E-state index contributed by atoms with van der Waals surface area (Å²) in [6, 6.07) is 3.59. The van der Waals surface area contributed by atoms with Gasteiger partial charge >= 0.3 is 5.97 Å². The number of benzene rings is 1. The molecule has 1 N–H and O–H groups in total. The van der Waals surface area contributed by atoms with E-state index in [9.17, 15) is 19.7 Å². The van der Waals surface area contributed by atoms with Gasteiger partial charge in [-0.25, -0.2) is 0 Å². The first-order valence-electron chi connectivity index (χ1n) is 6.34. The summed E-state index contributed by atoms with van der Waals surface area (Å²) in [6.45, 7) is 3.42. The van der Waals surface area contributed by atoms with Crippen LogP contribution in [-0.4, -0.2) is 23.4 Å². The van der Waals surface area contributed by atoms with E-state index in [1.165, 1.54) is 18.2 Å². The van der Waals surface area contributed by atoms with E-state index in [4.69, 9.17) is 4.74 Å². The molecule has 0 aromatic heterocycles. The van der Waals surface area contributed by atoms with E-state index in [0.717, 1.165) is 19.8 Å². The van der Waals surface area contributed by atoms with Crippen molar-refractivity contribution in [2.75, 3.05) is 6.61 Å². The average molecular weight is 296 g/mol. The first kappa shape index (κ1) is 16.4. The fourth-order valence-corrected chi connectivity index (χ4v) is 1.43. The van der Waals surface area contributed by atoms with E-state index in [1.54, 1.807) is 0 Å². The fraction of sp³-hybridized carbons (Fsp3) is 0.385. The smallest absolute Gasteiger partial charge is 0.329 e. The second-order valence-corrected chi connectivity index (χ2v) is 4.16. The van der Waals surface area contributed by atoms with Gasteiger partial charge in [-0.15, -0.1) is 0 Å². The second-order valence-electron chi connectivity index (χ2n) is 4.16. The van der Waals surface area contributed by atoms with Crippen LogP contribution in [0.4, 0.5) is 5.69 Å². The Balaban J connectivity index is 2.96.